The molecule has 4 rings (SSSR count). The van der Waals surface area contributed by atoms with E-state index >= 15 is 0 Å². The fraction of sp³-hybridized carbons (Fsp3) is 0.588. The fourth-order valence-electron chi connectivity index (χ4n) is 3.60. The van der Waals surface area contributed by atoms with Gasteiger partial charge in [0, 0.05) is 37.1 Å². The molecule has 1 aliphatic carbocycles. The molecule has 0 bridgehead atoms. The van der Waals surface area contributed by atoms with Crippen LogP contribution >= 0.6 is 11.3 Å². The minimum atomic E-state index is 0.724. The molecule has 0 atom stereocenters. The summed E-state index contributed by atoms with van der Waals surface area (Å²) in [5, 5.41) is 3.63. The Morgan fingerprint density at radius 2 is 2.14 bits per heavy atom. The summed E-state index contributed by atoms with van der Waals surface area (Å²) >= 11 is 1.87. The normalized spacial score (nSPS) is 20.0. The maximum Gasteiger partial charge on any atom is 0.115 e. The average molecular weight is 314 g/mol. The zero-order valence-corrected chi connectivity index (χ0v) is 13.7. The summed E-state index contributed by atoms with van der Waals surface area (Å²) in [6.45, 7) is 2.96. The molecule has 0 spiro atoms. The van der Waals surface area contributed by atoms with Crippen molar-refractivity contribution in [1.82, 2.24) is 19.9 Å². The van der Waals surface area contributed by atoms with E-state index in [1.165, 1.54) is 54.1 Å². The third-order valence-corrected chi connectivity index (χ3v) is 5.92. The van der Waals surface area contributed by atoms with Gasteiger partial charge in [0.2, 0.25) is 0 Å². The molecule has 4 nitrogen and oxygen atoms in total. The second-order valence-electron chi connectivity index (χ2n) is 6.47. The smallest absolute Gasteiger partial charge is 0.115 e. The van der Waals surface area contributed by atoms with Crippen molar-refractivity contribution in [3.8, 4) is 0 Å². The maximum absolute atomic E-state index is 4.93. The lowest BCUT2D eigenvalue weighted by Gasteiger charge is -2.26. The average Bonchev–Trinajstić information content (AvgIpc) is 3.04. The van der Waals surface area contributed by atoms with Crippen LogP contribution in [0.15, 0.2) is 17.9 Å². The van der Waals surface area contributed by atoms with E-state index in [2.05, 4.69) is 20.2 Å². The van der Waals surface area contributed by atoms with Gasteiger partial charge in [-0.3, -0.25) is 4.90 Å². The summed E-state index contributed by atoms with van der Waals surface area (Å²) in [6.07, 6.45) is 11.5. The first-order valence-electron chi connectivity index (χ1n) is 8.33. The minimum absolute atomic E-state index is 0.724. The Morgan fingerprint density at radius 1 is 1.23 bits per heavy atom. The molecule has 5 heteroatoms. The largest absolute Gasteiger partial charge is 0.291 e. The lowest BCUT2D eigenvalue weighted by Crippen LogP contribution is -2.31. The summed E-state index contributed by atoms with van der Waals surface area (Å²) in [7, 11) is 0. The van der Waals surface area contributed by atoms with Crippen LogP contribution in [-0.2, 0) is 19.5 Å². The topological polar surface area (TPSA) is 41.9 Å². The first-order valence-corrected chi connectivity index (χ1v) is 9.21. The molecule has 116 valence electrons. The first kappa shape index (κ1) is 14.3. The van der Waals surface area contributed by atoms with Gasteiger partial charge in [-0.05, 0) is 24.8 Å². The van der Waals surface area contributed by atoms with E-state index in [0.29, 0.717) is 0 Å². The van der Waals surface area contributed by atoms with Crippen molar-refractivity contribution in [1.29, 1.82) is 0 Å². The Bertz CT molecular complexity index is 633. The van der Waals surface area contributed by atoms with Crippen molar-refractivity contribution in [2.45, 2.75) is 57.5 Å². The van der Waals surface area contributed by atoms with Crippen LogP contribution < -0.4 is 0 Å². The number of thiazole rings is 1. The van der Waals surface area contributed by atoms with E-state index < -0.39 is 0 Å². The number of rotatable bonds is 3. The molecule has 1 saturated carbocycles. The second kappa shape index (κ2) is 6.42. The molecule has 2 aromatic heterocycles. The number of hydrogen-bond donors (Lipinski definition) is 0. The highest BCUT2D eigenvalue weighted by atomic mass is 32.1. The summed E-state index contributed by atoms with van der Waals surface area (Å²) < 4.78 is 0. The van der Waals surface area contributed by atoms with E-state index in [1.54, 1.807) is 6.33 Å². The van der Waals surface area contributed by atoms with Crippen molar-refractivity contribution in [2.75, 3.05) is 6.54 Å². The Balaban J connectivity index is 1.41. The Labute approximate surface area is 135 Å². The predicted molar refractivity (Wildman–Crippen MR) is 87.8 cm³/mol. The molecule has 22 heavy (non-hydrogen) atoms. The van der Waals surface area contributed by atoms with Gasteiger partial charge in [-0.1, -0.05) is 19.3 Å². The third-order valence-electron chi connectivity index (χ3n) is 4.86. The first-order chi connectivity index (χ1) is 10.9. The van der Waals surface area contributed by atoms with Crippen LogP contribution in [0.25, 0.3) is 0 Å². The van der Waals surface area contributed by atoms with Gasteiger partial charge in [-0.2, -0.15) is 0 Å². The van der Waals surface area contributed by atoms with Gasteiger partial charge >= 0.3 is 0 Å². The van der Waals surface area contributed by atoms with Gasteiger partial charge < -0.3 is 0 Å². The number of fused-ring (bicyclic) bond motifs is 1. The summed E-state index contributed by atoms with van der Waals surface area (Å²) in [5.41, 5.74) is 3.73. The zero-order valence-electron chi connectivity index (χ0n) is 12.9. The molecule has 3 heterocycles. The predicted octanol–water partition coefficient (Wildman–Crippen LogP) is 3.54. The molecule has 2 aliphatic rings. The number of aromatic nitrogens is 3. The highest BCUT2D eigenvalue weighted by Gasteiger charge is 2.21. The highest BCUT2D eigenvalue weighted by molar-refractivity contribution is 7.09. The van der Waals surface area contributed by atoms with Gasteiger partial charge in [0.05, 0.1) is 16.4 Å². The van der Waals surface area contributed by atoms with Gasteiger partial charge in [-0.15, -0.1) is 11.3 Å². The number of hydrogen-bond acceptors (Lipinski definition) is 5. The molecule has 0 aromatic carbocycles. The third kappa shape index (κ3) is 3.06. The van der Waals surface area contributed by atoms with Crippen molar-refractivity contribution >= 4 is 11.3 Å². The van der Waals surface area contributed by atoms with Crippen LogP contribution in [0.3, 0.4) is 0 Å². The molecule has 0 unspecified atom stereocenters. The van der Waals surface area contributed by atoms with Gasteiger partial charge in [0.25, 0.3) is 0 Å². The van der Waals surface area contributed by atoms with Crippen LogP contribution in [0.4, 0.5) is 0 Å². The van der Waals surface area contributed by atoms with Crippen LogP contribution in [0, 0.1) is 0 Å². The summed E-state index contributed by atoms with van der Waals surface area (Å²) in [4.78, 5) is 15.9. The monoisotopic (exact) mass is 314 g/mol. The zero-order chi connectivity index (χ0) is 14.8. The lowest BCUT2D eigenvalue weighted by atomic mass is 9.90. The molecular weight excluding hydrogens is 292 g/mol. The van der Waals surface area contributed by atoms with Gasteiger partial charge in [-0.25, -0.2) is 15.0 Å². The van der Waals surface area contributed by atoms with E-state index in [1.807, 2.05) is 17.5 Å². The lowest BCUT2D eigenvalue weighted by molar-refractivity contribution is 0.238. The summed E-state index contributed by atoms with van der Waals surface area (Å²) in [5.74, 6) is 0.724. The molecule has 0 N–H and O–H groups in total. The van der Waals surface area contributed by atoms with Crippen LogP contribution in [0.5, 0.6) is 0 Å². The van der Waals surface area contributed by atoms with Crippen LogP contribution in [0.2, 0.25) is 0 Å². The molecule has 1 fully saturated rings. The molecule has 2 aromatic rings. The van der Waals surface area contributed by atoms with Crippen molar-refractivity contribution in [2.24, 2.45) is 0 Å². The van der Waals surface area contributed by atoms with E-state index in [-0.39, 0.29) is 0 Å². The Hall–Kier alpha value is -1.33. The highest BCUT2D eigenvalue weighted by Crippen LogP contribution is 2.34. The van der Waals surface area contributed by atoms with Crippen LogP contribution in [0.1, 0.15) is 60.0 Å². The van der Waals surface area contributed by atoms with Crippen molar-refractivity contribution < 1.29 is 0 Å². The summed E-state index contributed by atoms with van der Waals surface area (Å²) in [6, 6.07) is 0. The molecule has 0 radical (unpaired) electrons. The molecule has 0 saturated heterocycles. The second-order valence-corrected chi connectivity index (χ2v) is 7.36. The Kier molecular flexibility index (Phi) is 4.17. The molecular formula is C17H22N4S. The maximum atomic E-state index is 4.93. The van der Waals surface area contributed by atoms with Crippen LogP contribution in [-0.4, -0.2) is 26.4 Å². The quantitative estimate of drug-likeness (QED) is 0.869. The van der Waals surface area contributed by atoms with E-state index in [9.17, 15) is 0 Å². The molecule has 1 aliphatic heterocycles. The minimum Gasteiger partial charge on any atom is -0.291 e. The molecule has 0 amide bonds. The van der Waals surface area contributed by atoms with E-state index in [0.717, 1.165) is 32.0 Å². The van der Waals surface area contributed by atoms with E-state index in [4.69, 9.17) is 4.98 Å². The fourth-order valence-corrected chi connectivity index (χ4v) is 4.58. The number of nitrogens with zero attached hydrogens (tertiary/aromatic N) is 4. The Morgan fingerprint density at radius 3 is 3.05 bits per heavy atom. The standard InChI is InChI=1S/C17H22N4S/c1-2-4-13(5-3-1)17-20-15(11-22-17)9-21-7-6-14-8-18-12-19-16(14)10-21/h8,11-13H,1-7,9-10H2. The van der Waals surface area contributed by atoms with Gasteiger partial charge in [0.15, 0.2) is 0 Å². The van der Waals surface area contributed by atoms with Crippen molar-refractivity contribution in [3.63, 3.8) is 0 Å². The SMILES string of the molecule is c1ncc2c(n1)CN(Cc1csc(C3CCCCC3)n1)CC2. The van der Waals surface area contributed by atoms with Gasteiger partial charge in [0.1, 0.15) is 6.33 Å². The van der Waals surface area contributed by atoms with Crippen molar-refractivity contribution in [3.05, 3.63) is 39.9 Å².